The van der Waals surface area contributed by atoms with E-state index >= 15 is 0 Å². The number of aliphatic hydroxyl groups is 3. The molecule has 0 spiro atoms. The first kappa shape index (κ1) is 19.1. The summed E-state index contributed by atoms with van der Waals surface area (Å²) in [4.78, 5) is 0. The van der Waals surface area contributed by atoms with Crippen LogP contribution in [0.25, 0.3) is 0 Å². The average Bonchev–Trinajstić information content (AvgIpc) is 2.97. The fourth-order valence-electron chi connectivity index (χ4n) is 5.45. The number of fused-ring (bicyclic) bond motifs is 2. The molecule has 0 unspecified atom stereocenters. The SMILES string of the molecule is COC[C@@]1(O)CC[C@@H]2/C1=C\[C@@]1(C)CCC(C(C)(C)O)=C1C[C@H](O)[C@@H]2C. The number of hydrogen-bond acceptors (Lipinski definition) is 4. The minimum absolute atomic E-state index is 0.0813. The molecule has 0 radical (unpaired) electrons. The van der Waals surface area contributed by atoms with Gasteiger partial charge in [-0.2, -0.15) is 0 Å². The molecule has 5 atom stereocenters. The number of hydrogen-bond donors (Lipinski definition) is 3. The molecule has 3 rings (SSSR count). The quantitative estimate of drug-likeness (QED) is 0.685. The van der Waals surface area contributed by atoms with Crippen molar-refractivity contribution in [1.29, 1.82) is 0 Å². The van der Waals surface area contributed by atoms with Gasteiger partial charge in [-0.05, 0) is 68.9 Å². The van der Waals surface area contributed by atoms with Gasteiger partial charge in [-0.15, -0.1) is 0 Å². The van der Waals surface area contributed by atoms with Crippen LogP contribution in [0, 0.1) is 17.3 Å². The molecule has 4 heteroatoms. The molecule has 4 nitrogen and oxygen atoms in total. The number of methoxy groups -OCH3 is 1. The molecule has 3 aliphatic carbocycles. The zero-order chi connectivity index (χ0) is 18.6. The van der Waals surface area contributed by atoms with Gasteiger partial charge in [0.05, 0.1) is 18.3 Å². The summed E-state index contributed by atoms with van der Waals surface area (Å²) < 4.78 is 5.33. The molecule has 25 heavy (non-hydrogen) atoms. The maximum absolute atomic E-state index is 11.2. The van der Waals surface area contributed by atoms with Crippen LogP contribution in [0.15, 0.2) is 22.8 Å². The topological polar surface area (TPSA) is 69.9 Å². The Morgan fingerprint density at radius 1 is 1.32 bits per heavy atom. The molecule has 0 heterocycles. The summed E-state index contributed by atoms with van der Waals surface area (Å²) in [6.07, 6.45) is 5.75. The monoisotopic (exact) mass is 350 g/mol. The predicted molar refractivity (Wildman–Crippen MR) is 98.1 cm³/mol. The molecule has 0 saturated heterocycles. The fraction of sp³-hybridized carbons (Fsp3) is 0.810. The summed E-state index contributed by atoms with van der Waals surface area (Å²) in [5.41, 5.74) is 1.25. The van der Waals surface area contributed by atoms with Crippen molar-refractivity contribution in [3.8, 4) is 0 Å². The Labute approximate surface area is 151 Å². The van der Waals surface area contributed by atoms with E-state index in [9.17, 15) is 15.3 Å². The summed E-state index contributed by atoms with van der Waals surface area (Å²) in [7, 11) is 1.63. The minimum Gasteiger partial charge on any atom is -0.392 e. The van der Waals surface area contributed by atoms with Crippen LogP contribution in [-0.2, 0) is 4.74 Å². The van der Waals surface area contributed by atoms with E-state index in [0.717, 1.165) is 36.0 Å². The Bertz CT molecular complexity index is 600. The lowest BCUT2D eigenvalue weighted by Crippen LogP contribution is -2.39. The highest BCUT2D eigenvalue weighted by atomic mass is 16.5. The van der Waals surface area contributed by atoms with Crippen LogP contribution >= 0.6 is 0 Å². The van der Waals surface area contributed by atoms with Crippen molar-refractivity contribution in [2.45, 2.75) is 77.1 Å². The van der Waals surface area contributed by atoms with Gasteiger partial charge in [0.15, 0.2) is 0 Å². The molecule has 0 amide bonds. The molecule has 1 saturated carbocycles. The van der Waals surface area contributed by atoms with Gasteiger partial charge in [-0.25, -0.2) is 0 Å². The molecule has 142 valence electrons. The lowest BCUT2D eigenvalue weighted by Gasteiger charge is -2.39. The highest BCUT2D eigenvalue weighted by Gasteiger charge is 2.50. The van der Waals surface area contributed by atoms with E-state index in [0.29, 0.717) is 19.4 Å². The molecule has 0 bridgehead atoms. The Morgan fingerprint density at radius 3 is 2.60 bits per heavy atom. The zero-order valence-electron chi connectivity index (χ0n) is 16.3. The molecule has 3 aliphatic rings. The van der Waals surface area contributed by atoms with Crippen LogP contribution in [0.2, 0.25) is 0 Å². The Hall–Kier alpha value is -0.680. The van der Waals surface area contributed by atoms with Crippen LogP contribution in [0.4, 0.5) is 0 Å². The van der Waals surface area contributed by atoms with Crippen LogP contribution < -0.4 is 0 Å². The molecule has 0 aromatic carbocycles. The van der Waals surface area contributed by atoms with E-state index in [1.54, 1.807) is 7.11 Å². The summed E-state index contributed by atoms with van der Waals surface area (Å²) in [5.74, 6) is 0.276. The summed E-state index contributed by atoms with van der Waals surface area (Å²) in [6.45, 7) is 8.25. The molecular weight excluding hydrogens is 316 g/mol. The highest BCUT2D eigenvalue weighted by molar-refractivity contribution is 5.42. The second-order valence-corrected chi connectivity index (χ2v) is 9.27. The summed E-state index contributed by atoms with van der Waals surface area (Å²) in [5, 5.41) is 32.8. The van der Waals surface area contributed by atoms with Gasteiger partial charge >= 0.3 is 0 Å². The van der Waals surface area contributed by atoms with Crippen molar-refractivity contribution in [3.63, 3.8) is 0 Å². The Morgan fingerprint density at radius 2 is 2.00 bits per heavy atom. The second kappa shape index (κ2) is 6.19. The molecular formula is C21H34O4. The van der Waals surface area contributed by atoms with Crippen molar-refractivity contribution in [2.24, 2.45) is 17.3 Å². The standard InChI is InChI=1S/C21H34O4/c1-13-14-6-9-21(24,12-25-5)17(14)11-20(4)8-7-15(19(2,3)23)16(20)10-18(13)22/h11,13-14,18,22-24H,6-10,12H2,1-5H3/b17-11+/t13-,14+,18+,20-,21+/m1/s1. The largest absolute Gasteiger partial charge is 0.392 e. The van der Waals surface area contributed by atoms with Gasteiger partial charge in [0.2, 0.25) is 0 Å². The van der Waals surface area contributed by atoms with E-state index in [1.165, 1.54) is 0 Å². The van der Waals surface area contributed by atoms with Crippen molar-refractivity contribution in [1.82, 2.24) is 0 Å². The fourth-order valence-corrected chi connectivity index (χ4v) is 5.45. The van der Waals surface area contributed by atoms with E-state index in [-0.39, 0.29) is 17.3 Å². The van der Waals surface area contributed by atoms with Crippen LogP contribution in [0.3, 0.4) is 0 Å². The van der Waals surface area contributed by atoms with Crippen molar-refractivity contribution >= 4 is 0 Å². The van der Waals surface area contributed by atoms with Crippen molar-refractivity contribution in [3.05, 3.63) is 22.8 Å². The first-order valence-electron chi connectivity index (χ1n) is 9.60. The highest BCUT2D eigenvalue weighted by Crippen LogP contribution is 2.55. The lowest BCUT2D eigenvalue weighted by atomic mass is 9.69. The third-order valence-corrected chi connectivity index (χ3v) is 7.00. The predicted octanol–water partition coefficient (Wildman–Crippen LogP) is 2.97. The van der Waals surface area contributed by atoms with Gasteiger partial charge in [-0.1, -0.05) is 25.5 Å². The van der Waals surface area contributed by atoms with Gasteiger partial charge in [0.1, 0.15) is 5.60 Å². The number of ether oxygens (including phenoxy) is 1. The molecule has 0 aromatic heterocycles. The van der Waals surface area contributed by atoms with Crippen molar-refractivity contribution < 1.29 is 20.1 Å². The number of allylic oxidation sites excluding steroid dienone is 1. The zero-order valence-corrected chi connectivity index (χ0v) is 16.3. The van der Waals surface area contributed by atoms with Crippen LogP contribution in [0.5, 0.6) is 0 Å². The van der Waals surface area contributed by atoms with Gasteiger partial charge in [0, 0.05) is 12.5 Å². The maximum Gasteiger partial charge on any atom is 0.109 e. The van der Waals surface area contributed by atoms with Crippen LogP contribution in [0.1, 0.15) is 59.8 Å². The molecule has 0 aliphatic heterocycles. The van der Waals surface area contributed by atoms with Crippen LogP contribution in [-0.4, -0.2) is 46.3 Å². The third kappa shape index (κ3) is 3.12. The normalized spacial score (nSPS) is 44.0. The first-order valence-corrected chi connectivity index (χ1v) is 9.60. The molecule has 1 fully saturated rings. The lowest BCUT2D eigenvalue weighted by molar-refractivity contribution is -0.00114. The maximum atomic E-state index is 11.2. The van der Waals surface area contributed by atoms with Gasteiger partial charge in [-0.3, -0.25) is 0 Å². The Balaban J connectivity index is 2.15. The van der Waals surface area contributed by atoms with Gasteiger partial charge < -0.3 is 20.1 Å². The van der Waals surface area contributed by atoms with E-state index in [4.69, 9.17) is 4.74 Å². The average molecular weight is 350 g/mol. The minimum atomic E-state index is -0.934. The van der Waals surface area contributed by atoms with Gasteiger partial charge in [0.25, 0.3) is 0 Å². The van der Waals surface area contributed by atoms with E-state index in [2.05, 4.69) is 19.9 Å². The van der Waals surface area contributed by atoms with E-state index < -0.39 is 17.3 Å². The third-order valence-electron chi connectivity index (χ3n) is 7.00. The second-order valence-electron chi connectivity index (χ2n) is 9.27. The van der Waals surface area contributed by atoms with E-state index in [1.807, 2.05) is 13.8 Å². The Kier molecular flexibility index (Phi) is 4.73. The first-order chi connectivity index (χ1) is 11.5. The van der Waals surface area contributed by atoms with Crippen molar-refractivity contribution in [2.75, 3.05) is 13.7 Å². The molecule has 3 N–H and O–H groups in total. The summed E-state index contributed by atoms with van der Waals surface area (Å²) >= 11 is 0. The number of aliphatic hydroxyl groups excluding tert-OH is 1. The smallest absolute Gasteiger partial charge is 0.109 e. The summed E-state index contributed by atoms with van der Waals surface area (Å²) in [6, 6.07) is 0. The number of rotatable bonds is 3. The molecule has 0 aromatic rings.